The smallest absolute Gasteiger partial charge is 0.119 e. The van der Waals surface area contributed by atoms with Gasteiger partial charge < -0.3 is 29.9 Å². The SMILES string of the molecule is C1CCCCCCCCC1.C1CCCCCCCCC1.CC(C)(c1ccc(OCCO)cc1)c1ccc(OCCO)cc1.OCC1(CO)CCCCCCCCC1. The molecule has 0 radical (unpaired) electrons. The number of rotatable bonds is 10. The van der Waals surface area contributed by atoms with E-state index in [1.165, 1.54) is 184 Å². The molecule has 3 fully saturated rings. The zero-order chi connectivity index (χ0) is 41.1. The van der Waals surface area contributed by atoms with Crippen molar-refractivity contribution in [3.63, 3.8) is 0 Å². The molecule has 0 amide bonds. The fraction of sp³-hybridized carbons (Fsp3) is 0.765. The van der Waals surface area contributed by atoms with E-state index in [4.69, 9.17) is 19.7 Å². The molecule has 0 saturated heterocycles. The van der Waals surface area contributed by atoms with Crippen molar-refractivity contribution in [1.29, 1.82) is 0 Å². The van der Waals surface area contributed by atoms with Gasteiger partial charge in [0.2, 0.25) is 0 Å². The van der Waals surface area contributed by atoms with Crippen LogP contribution in [-0.4, -0.2) is 60.1 Å². The molecular weight excluding hydrogens is 709 g/mol. The predicted molar refractivity (Wildman–Crippen MR) is 241 cm³/mol. The number of ether oxygens (including phenoxy) is 2. The van der Waals surface area contributed by atoms with E-state index in [1.54, 1.807) is 0 Å². The fourth-order valence-corrected chi connectivity index (χ4v) is 8.34. The third kappa shape index (κ3) is 23.9. The van der Waals surface area contributed by atoms with Crippen LogP contribution in [0.3, 0.4) is 0 Å². The molecule has 0 aromatic heterocycles. The van der Waals surface area contributed by atoms with Crippen LogP contribution < -0.4 is 9.47 Å². The van der Waals surface area contributed by atoms with Crippen LogP contribution in [0, 0.1) is 5.41 Å². The minimum absolute atomic E-state index is 0.0119. The lowest BCUT2D eigenvalue weighted by Gasteiger charge is -2.30. The van der Waals surface area contributed by atoms with Crippen molar-refractivity contribution in [2.45, 2.75) is 205 Å². The summed E-state index contributed by atoms with van der Waals surface area (Å²) in [6, 6.07) is 15.9. The summed E-state index contributed by atoms with van der Waals surface area (Å²) in [5.41, 5.74) is 2.04. The Morgan fingerprint density at radius 2 is 0.614 bits per heavy atom. The predicted octanol–water partition coefficient (Wildman–Crippen LogP) is 13.0. The molecule has 0 spiro atoms. The summed E-state index contributed by atoms with van der Waals surface area (Å²) in [6.45, 7) is 5.28. The van der Waals surface area contributed by atoms with Crippen LogP contribution >= 0.6 is 0 Å². The lowest BCUT2D eigenvalue weighted by Crippen LogP contribution is -2.30. The van der Waals surface area contributed by atoms with E-state index < -0.39 is 0 Å². The summed E-state index contributed by atoms with van der Waals surface area (Å²) in [7, 11) is 0. The van der Waals surface area contributed by atoms with Gasteiger partial charge in [-0.3, -0.25) is 0 Å². The van der Waals surface area contributed by atoms with Crippen molar-refractivity contribution in [2.24, 2.45) is 5.41 Å². The minimum atomic E-state index is -0.169. The van der Waals surface area contributed by atoms with Gasteiger partial charge in [-0.25, -0.2) is 0 Å². The van der Waals surface area contributed by atoms with Gasteiger partial charge in [0.1, 0.15) is 24.7 Å². The van der Waals surface area contributed by atoms with Crippen molar-refractivity contribution in [3.8, 4) is 11.5 Å². The molecule has 3 saturated carbocycles. The van der Waals surface area contributed by atoms with Gasteiger partial charge >= 0.3 is 0 Å². The highest BCUT2D eigenvalue weighted by atomic mass is 16.5. The van der Waals surface area contributed by atoms with Gasteiger partial charge in [-0.2, -0.15) is 0 Å². The second-order valence-electron chi connectivity index (χ2n) is 17.7. The van der Waals surface area contributed by atoms with Gasteiger partial charge in [0.25, 0.3) is 0 Å². The Labute approximate surface area is 350 Å². The Balaban J connectivity index is 0.000000282. The summed E-state index contributed by atoms with van der Waals surface area (Å²) < 4.78 is 10.8. The fourth-order valence-electron chi connectivity index (χ4n) is 8.34. The number of aliphatic hydroxyl groups excluding tert-OH is 4. The number of hydrogen-bond donors (Lipinski definition) is 4. The number of aliphatic hydroxyl groups is 4. The molecule has 3 aliphatic rings. The van der Waals surface area contributed by atoms with E-state index in [1.807, 2.05) is 48.5 Å². The van der Waals surface area contributed by atoms with Gasteiger partial charge in [-0.1, -0.05) is 211 Å². The Bertz CT molecular complexity index is 1010. The lowest BCUT2D eigenvalue weighted by molar-refractivity contribution is 0.0345. The largest absolute Gasteiger partial charge is 0.491 e. The average Bonchev–Trinajstić information content (AvgIpc) is 3.26. The topological polar surface area (TPSA) is 99.4 Å². The van der Waals surface area contributed by atoms with Gasteiger partial charge in [0, 0.05) is 10.8 Å². The van der Waals surface area contributed by atoms with Crippen molar-refractivity contribution < 1.29 is 29.9 Å². The minimum Gasteiger partial charge on any atom is -0.491 e. The van der Waals surface area contributed by atoms with E-state index in [9.17, 15) is 10.2 Å². The summed E-state index contributed by atoms with van der Waals surface area (Å²) >= 11 is 0. The van der Waals surface area contributed by atoms with Crippen molar-refractivity contribution in [3.05, 3.63) is 59.7 Å². The zero-order valence-electron chi connectivity index (χ0n) is 37.0. The number of benzene rings is 2. The Morgan fingerprint density at radius 1 is 0.386 bits per heavy atom. The monoisotopic (exact) mass is 797 g/mol. The maximum absolute atomic E-state index is 9.36. The zero-order valence-corrected chi connectivity index (χ0v) is 37.0. The van der Waals surface area contributed by atoms with E-state index in [-0.39, 0.29) is 37.3 Å². The van der Waals surface area contributed by atoms with Gasteiger partial charge in [-0.05, 0) is 48.2 Å². The highest BCUT2D eigenvalue weighted by Crippen LogP contribution is 2.34. The summed E-state index contributed by atoms with van der Waals surface area (Å²) in [6.07, 6.45) is 40.9. The summed E-state index contributed by atoms with van der Waals surface area (Å²) in [4.78, 5) is 0. The first-order chi connectivity index (χ1) is 27.9. The lowest BCUT2D eigenvalue weighted by atomic mass is 9.78. The quantitative estimate of drug-likeness (QED) is 0.191. The Kier molecular flexibility index (Phi) is 30.2. The van der Waals surface area contributed by atoms with Crippen LogP contribution in [0.2, 0.25) is 0 Å². The summed E-state index contributed by atoms with van der Waals surface area (Å²) in [5, 5.41) is 36.3. The Hall–Kier alpha value is -2.12. The molecule has 3 aliphatic carbocycles. The molecule has 4 N–H and O–H groups in total. The average molecular weight is 797 g/mol. The molecule has 6 heteroatoms. The summed E-state index contributed by atoms with van der Waals surface area (Å²) in [5.74, 6) is 1.51. The first kappa shape index (κ1) is 51.0. The molecule has 0 aliphatic heterocycles. The third-order valence-electron chi connectivity index (χ3n) is 12.5. The molecule has 57 heavy (non-hydrogen) atoms. The van der Waals surface area contributed by atoms with Crippen LogP contribution in [0.25, 0.3) is 0 Å². The molecule has 0 atom stereocenters. The highest BCUT2D eigenvalue weighted by molar-refractivity contribution is 5.41. The molecular formula is C51H88O6. The molecule has 2 aromatic rings. The standard InChI is InChI=1S/C19H24O4.C12H24O2.2C10H20/c1-19(2,15-3-7-17(8-4-15)22-13-11-20)16-5-9-18(10-6-16)23-14-12-21;13-10-12(11-14)8-6-4-2-1-3-5-7-9-12;2*1-2-4-6-8-10-9-7-5-3-1/h3-10,20-21H,11-14H2,1-2H3;13-14H,1-11H2;2*1-10H2. The number of hydrogen-bond acceptors (Lipinski definition) is 6. The van der Waals surface area contributed by atoms with Crippen molar-refractivity contribution >= 4 is 0 Å². The first-order valence-corrected chi connectivity index (χ1v) is 23.8. The molecule has 0 heterocycles. The van der Waals surface area contributed by atoms with Gasteiger partial charge in [0.05, 0.1) is 26.4 Å². The maximum atomic E-state index is 9.36. The van der Waals surface area contributed by atoms with Crippen LogP contribution in [0.15, 0.2) is 48.5 Å². The van der Waals surface area contributed by atoms with E-state index >= 15 is 0 Å². The molecule has 0 bridgehead atoms. The molecule has 2 aromatic carbocycles. The molecule has 0 unspecified atom stereocenters. The first-order valence-electron chi connectivity index (χ1n) is 23.8. The van der Waals surface area contributed by atoms with E-state index in [0.717, 1.165) is 24.3 Å². The molecule has 5 rings (SSSR count). The van der Waals surface area contributed by atoms with Gasteiger partial charge in [0.15, 0.2) is 0 Å². The van der Waals surface area contributed by atoms with Crippen LogP contribution in [0.1, 0.15) is 211 Å². The van der Waals surface area contributed by atoms with Gasteiger partial charge in [-0.15, -0.1) is 0 Å². The molecule has 6 nitrogen and oxygen atoms in total. The normalized spacial score (nSPS) is 19.0. The highest BCUT2D eigenvalue weighted by Gasteiger charge is 2.28. The maximum Gasteiger partial charge on any atom is 0.119 e. The third-order valence-corrected chi connectivity index (χ3v) is 12.5. The van der Waals surface area contributed by atoms with E-state index in [2.05, 4.69) is 13.8 Å². The van der Waals surface area contributed by atoms with E-state index in [0.29, 0.717) is 13.2 Å². The second kappa shape index (κ2) is 33.7. The van der Waals surface area contributed by atoms with Crippen molar-refractivity contribution in [1.82, 2.24) is 0 Å². The van der Waals surface area contributed by atoms with Crippen LogP contribution in [0.5, 0.6) is 11.5 Å². The Morgan fingerprint density at radius 3 is 0.825 bits per heavy atom. The van der Waals surface area contributed by atoms with Crippen LogP contribution in [0.4, 0.5) is 0 Å². The van der Waals surface area contributed by atoms with Crippen molar-refractivity contribution in [2.75, 3.05) is 39.6 Å². The van der Waals surface area contributed by atoms with Crippen LogP contribution in [-0.2, 0) is 5.41 Å². The molecule has 328 valence electrons. The second-order valence-corrected chi connectivity index (χ2v) is 17.7.